The molecule has 0 aromatic heterocycles. The van der Waals surface area contributed by atoms with Gasteiger partial charge in [0.2, 0.25) is 21.8 Å². The van der Waals surface area contributed by atoms with E-state index in [1.54, 1.807) is 18.2 Å². The highest BCUT2D eigenvalue weighted by molar-refractivity contribution is 7.89. The fourth-order valence-electron chi connectivity index (χ4n) is 4.71. The molecule has 0 saturated carbocycles. The minimum atomic E-state index is -4.31. The topological polar surface area (TPSA) is 186 Å². The summed E-state index contributed by atoms with van der Waals surface area (Å²) in [6.45, 7) is 3.00. The van der Waals surface area contributed by atoms with Crippen molar-refractivity contribution in [3.05, 3.63) is 42.5 Å². The number of carbonyl (C=O) groups is 3. The number of nitrogens with zero attached hydrogens (tertiary/aromatic N) is 2. The van der Waals surface area contributed by atoms with Crippen molar-refractivity contribution in [3.8, 4) is 0 Å². The SMILES string of the molecule is CCCCN(CC(=O)O)C(=O)C(CC(=O)N(CC1CCNCC1)C(=N)N)NS(=O)(=O)c1ccc2ccccc2c1. The van der Waals surface area contributed by atoms with Crippen LogP contribution in [0.3, 0.4) is 0 Å². The number of piperidine rings is 1. The Labute approximate surface area is 234 Å². The molecule has 6 N–H and O–H groups in total. The van der Waals surface area contributed by atoms with E-state index in [1.165, 1.54) is 12.1 Å². The highest BCUT2D eigenvalue weighted by atomic mass is 32.2. The molecule has 1 fully saturated rings. The summed E-state index contributed by atoms with van der Waals surface area (Å²) >= 11 is 0. The van der Waals surface area contributed by atoms with E-state index in [1.807, 2.05) is 19.1 Å². The van der Waals surface area contributed by atoms with Crippen LogP contribution in [0.15, 0.2) is 47.4 Å². The molecule has 1 saturated heterocycles. The first-order chi connectivity index (χ1) is 19.0. The summed E-state index contributed by atoms with van der Waals surface area (Å²) in [4.78, 5) is 40.5. The summed E-state index contributed by atoms with van der Waals surface area (Å²) in [6, 6.07) is 10.1. The number of aliphatic carboxylic acids is 1. The van der Waals surface area contributed by atoms with Gasteiger partial charge in [-0.3, -0.25) is 24.7 Å². The second-order valence-corrected chi connectivity index (χ2v) is 11.7. The Morgan fingerprint density at radius 2 is 1.82 bits per heavy atom. The van der Waals surface area contributed by atoms with Gasteiger partial charge in [-0.1, -0.05) is 43.7 Å². The van der Waals surface area contributed by atoms with Gasteiger partial charge in [-0.15, -0.1) is 0 Å². The Morgan fingerprint density at radius 1 is 1.15 bits per heavy atom. The van der Waals surface area contributed by atoms with Crippen molar-refractivity contribution >= 4 is 44.5 Å². The number of hydrogen-bond acceptors (Lipinski definition) is 7. The van der Waals surface area contributed by atoms with E-state index in [-0.39, 0.29) is 23.9 Å². The Balaban J connectivity index is 1.91. The van der Waals surface area contributed by atoms with E-state index in [2.05, 4.69) is 10.0 Å². The Bertz CT molecular complexity index is 1330. The normalized spacial score (nSPS) is 14.9. The molecule has 0 aliphatic carbocycles. The molecule has 1 unspecified atom stereocenters. The van der Waals surface area contributed by atoms with Crippen LogP contribution in [0.5, 0.6) is 0 Å². The number of sulfonamides is 1. The summed E-state index contributed by atoms with van der Waals surface area (Å²) in [6.07, 6.45) is 2.09. The first kappa shape index (κ1) is 31.0. The molecular formula is C27H38N6O6S. The average Bonchev–Trinajstić information content (AvgIpc) is 2.93. The molecule has 2 aromatic carbocycles. The monoisotopic (exact) mass is 574 g/mol. The van der Waals surface area contributed by atoms with Crippen LogP contribution in [-0.4, -0.2) is 85.8 Å². The number of carbonyl (C=O) groups excluding carboxylic acids is 2. The van der Waals surface area contributed by atoms with Gasteiger partial charge >= 0.3 is 5.97 Å². The maximum Gasteiger partial charge on any atom is 0.323 e. The molecule has 3 rings (SSSR count). The highest BCUT2D eigenvalue weighted by Gasteiger charge is 2.34. The zero-order valence-electron chi connectivity index (χ0n) is 22.6. The van der Waals surface area contributed by atoms with Crippen molar-refractivity contribution in [1.29, 1.82) is 5.41 Å². The molecule has 1 aliphatic heterocycles. The molecule has 12 nitrogen and oxygen atoms in total. The largest absolute Gasteiger partial charge is 0.480 e. The van der Waals surface area contributed by atoms with E-state index >= 15 is 0 Å². The summed E-state index contributed by atoms with van der Waals surface area (Å²) in [5, 5.41) is 22.1. The maximum atomic E-state index is 13.6. The predicted octanol–water partition coefficient (Wildman–Crippen LogP) is 1.31. The second kappa shape index (κ2) is 14.2. The van der Waals surface area contributed by atoms with E-state index in [4.69, 9.17) is 11.1 Å². The van der Waals surface area contributed by atoms with Crippen LogP contribution in [-0.2, 0) is 24.4 Å². The molecule has 218 valence electrons. The number of hydrogen-bond donors (Lipinski definition) is 5. The minimum absolute atomic E-state index is 0.0789. The first-order valence-corrected chi connectivity index (χ1v) is 14.9. The van der Waals surface area contributed by atoms with Gasteiger partial charge in [0.25, 0.3) is 0 Å². The number of fused-ring (bicyclic) bond motifs is 1. The molecule has 0 spiro atoms. The summed E-state index contributed by atoms with van der Waals surface area (Å²) in [5.74, 6) is -3.20. The molecule has 1 atom stereocenters. The lowest BCUT2D eigenvalue weighted by molar-refractivity contribution is -0.145. The number of guanidine groups is 1. The van der Waals surface area contributed by atoms with Crippen molar-refractivity contribution in [2.75, 3.05) is 32.7 Å². The Morgan fingerprint density at radius 3 is 2.45 bits per heavy atom. The lowest BCUT2D eigenvalue weighted by Gasteiger charge is -2.31. The molecule has 0 bridgehead atoms. The second-order valence-electron chi connectivity index (χ2n) is 9.98. The lowest BCUT2D eigenvalue weighted by Crippen LogP contribution is -2.53. The number of nitrogens with two attached hydrogens (primary N) is 1. The van der Waals surface area contributed by atoms with Crippen molar-refractivity contribution < 1.29 is 27.9 Å². The van der Waals surface area contributed by atoms with Crippen LogP contribution in [0.2, 0.25) is 0 Å². The molecule has 0 radical (unpaired) electrons. The van der Waals surface area contributed by atoms with Gasteiger partial charge in [-0.05, 0) is 61.2 Å². The van der Waals surface area contributed by atoms with E-state index < -0.39 is 52.8 Å². The molecule has 40 heavy (non-hydrogen) atoms. The van der Waals surface area contributed by atoms with Crippen LogP contribution >= 0.6 is 0 Å². The van der Waals surface area contributed by atoms with Crippen LogP contribution < -0.4 is 15.8 Å². The van der Waals surface area contributed by atoms with Crippen molar-refractivity contribution in [1.82, 2.24) is 19.8 Å². The third-order valence-corrected chi connectivity index (χ3v) is 8.39. The molecule has 2 amide bonds. The van der Waals surface area contributed by atoms with Crippen LogP contribution in [0.1, 0.15) is 39.0 Å². The fourth-order valence-corrected chi connectivity index (χ4v) is 5.93. The zero-order chi connectivity index (χ0) is 29.3. The number of unbranched alkanes of at least 4 members (excludes halogenated alkanes) is 1. The van der Waals surface area contributed by atoms with Crippen molar-refractivity contribution in [3.63, 3.8) is 0 Å². The van der Waals surface area contributed by atoms with Crippen LogP contribution in [0.4, 0.5) is 0 Å². The third-order valence-electron chi connectivity index (χ3n) is 6.92. The summed E-state index contributed by atoms with van der Waals surface area (Å²) in [5.41, 5.74) is 5.73. The van der Waals surface area contributed by atoms with Gasteiger partial charge in [-0.2, -0.15) is 4.72 Å². The maximum absolute atomic E-state index is 13.6. The zero-order valence-corrected chi connectivity index (χ0v) is 23.5. The number of benzene rings is 2. The standard InChI is InChI=1S/C27H38N6O6S/c1-2-3-14-32(18-25(35)36)26(37)23(16-24(34)33(27(28)29)17-19-10-12-30-13-11-19)31-40(38,39)22-9-8-20-6-4-5-7-21(20)15-22/h4-9,15,19,23,30-31H,2-3,10-14,16-18H2,1H3,(H3,28,29)(H,35,36). The Hall–Kier alpha value is -3.55. The third kappa shape index (κ3) is 8.47. The van der Waals surface area contributed by atoms with Crippen LogP contribution in [0, 0.1) is 11.3 Å². The highest BCUT2D eigenvalue weighted by Crippen LogP contribution is 2.20. The quantitative estimate of drug-likeness (QED) is 0.175. The van der Waals surface area contributed by atoms with Gasteiger partial charge < -0.3 is 21.1 Å². The van der Waals surface area contributed by atoms with Gasteiger partial charge in [0, 0.05) is 13.1 Å². The number of carboxylic acid groups (broad SMARTS) is 1. The minimum Gasteiger partial charge on any atom is -0.480 e. The predicted molar refractivity (Wildman–Crippen MR) is 151 cm³/mol. The van der Waals surface area contributed by atoms with E-state index in [9.17, 15) is 27.9 Å². The molecule has 1 heterocycles. The number of nitrogens with one attached hydrogen (secondary N) is 3. The molecule has 2 aromatic rings. The van der Waals surface area contributed by atoms with Gasteiger partial charge in [0.15, 0.2) is 5.96 Å². The summed E-state index contributed by atoms with van der Waals surface area (Å²) in [7, 11) is -4.31. The van der Waals surface area contributed by atoms with Crippen LogP contribution in [0.25, 0.3) is 10.8 Å². The van der Waals surface area contributed by atoms with Gasteiger partial charge in [0.05, 0.1) is 11.3 Å². The average molecular weight is 575 g/mol. The number of amides is 2. The van der Waals surface area contributed by atoms with Crippen molar-refractivity contribution in [2.24, 2.45) is 11.7 Å². The Kier molecular flexibility index (Phi) is 11.0. The first-order valence-electron chi connectivity index (χ1n) is 13.4. The van der Waals surface area contributed by atoms with Gasteiger partial charge in [0.1, 0.15) is 12.6 Å². The van der Waals surface area contributed by atoms with Gasteiger partial charge in [-0.25, -0.2) is 8.42 Å². The molecule has 1 aliphatic rings. The smallest absolute Gasteiger partial charge is 0.323 e. The van der Waals surface area contributed by atoms with E-state index in [0.29, 0.717) is 18.2 Å². The summed E-state index contributed by atoms with van der Waals surface area (Å²) < 4.78 is 29.3. The molecular weight excluding hydrogens is 536 g/mol. The van der Waals surface area contributed by atoms with E-state index in [0.717, 1.165) is 41.1 Å². The van der Waals surface area contributed by atoms with Crippen molar-refractivity contribution in [2.45, 2.75) is 50.0 Å². The fraction of sp³-hybridized carbons (Fsp3) is 0.481. The number of carboxylic acids is 1. The number of rotatable bonds is 13. The molecule has 13 heteroatoms. The lowest BCUT2D eigenvalue weighted by atomic mass is 9.97.